The third-order valence-electron chi connectivity index (χ3n) is 16.4. The zero-order valence-electron chi connectivity index (χ0n) is 45.7. The summed E-state index contributed by atoms with van der Waals surface area (Å²) in [5.74, 6) is 0. The molecule has 16 aromatic rings. The number of benzene rings is 13. The lowest BCUT2D eigenvalue weighted by Gasteiger charge is -2.26. The van der Waals surface area contributed by atoms with Gasteiger partial charge in [-0.05, 0) is 150 Å². The van der Waals surface area contributed by atoms with E-state index in [2.05, 4.69) is 334 Å². The van der Waals surface area contributed by atoms with Crippen molar-refractivity contribution in [1.82, 2.24) is 19.1 Å². The molecule has 6 heteroatoms. The number of rotatable bonds is 11. The molecule has 0 unspecified atom stereocenters. The van der Waals surface area contributed by atoms with Gasteiger partial charge in [-0.2, -0.15) is 0 Å². The van der Waals surface area contributed by atoms with E-state index < -0.39 is 0 Å². The number of hydrogen-bond donors (Lipinski definition) is 0. The van der Waals surface area contributed by atoms with Crippen LogP contribution in [0.15, 0.2) is 315 Å². The highest BCUT2D eigenvalue weighted by Gasteiger charge is 2.22. The Labute approximate surface area is 486 Å². The number of hydrogen-bond acceptors (Lipinski definition) is 4. The lowest BCUT2D eigenvalue weighted by molar-refractivity contribution is 1.18. The Hall–Kier alpha value is -11.3. The fourth-order valence-electron chi connectivity index (χ4n) is 12.6. The molecule has 0 radical (unpaired) electrons. The minimum absolute atomic E-state index is 0.802. The van der Waals surface area contributed by atoms with Crippen molar-refractivity contribution in [2.24, 2.45) is 0 Å². The minimum Gasteiger partial charge on any atom is -0.310 e. The van der Waals surface area contributed by atoms with Gasteiger partial charge in [-0.25, -0.2) is 9.97 Å². The van der Waals surface area contributed by atoms with Gasteiger partial charge in [0.25, 0.3) is 0 Å². The molecule has 0 aliphatic heterocycles. The van der Waals surface area contributed by atoms with Crippen molar-refractivity contribution in [2.75, 3.05) is 9.80 Å². The SMILES string of the molecule is c1ccc(N(c2ccc(-c3nc4cccc(-c5ccc6ccccc6c5)c4nc3-c3ccc(N(c4ccccc4)c4ccc5c(c4)c4ccccc4n5-c4ccccc4)cc3)cc2)c2ccc3c(c2)c2ccccc2n3-c2ccccc2)cc1. The zero-order valence-corrected chi connectivity index (χ0v) is 45.7. The van der Waals surface area contributed by atoms with Gasteiger partial charge >= 0.3 is 0 Å². The molecule has 3 aromatic heterocycles. The summed E-state index contributed by atoms with van der Waals surface area (Å²) in [4.78, 5) is 16.0. The summed E-state index contributed by atoms with van der Waals surface area (Å²) in [6.07, 6.45) is 0. The van der Waals surface area contributed by atoms with Crippen molar-refractivity contribution < 1.29 is 0 Å². The molecule has 84 heavy (non-hydrogen) atoms. The van der Waals surface area contributed by atoms with E-state index in [1.807, 2.05) is 0 Å². The fourth-order valence-corrected chi connectivity index (χ4v) is 12.6. The second-order valence-electron chi connectivity index (χ2n) is 21.4. The van der Waals surface area contributed by atoms with Crippen molar-refractivity contribution in [2.45, 2.75) is 0 Å². The van der Waals surface area contributed by atoms with Crippen LogP contribution in [-0.2, 0) is 0 Å². The third kappa shape index (κ3) is 8.35. The summed E-state index contributed by atoms with van der Waals surface area (Å²) in [6, 6.07) is 113. The molecule has 0 atom stereocenters. The molecule has 16 rings (SSSR count). The molecule has 3 heterocycles. The van der Waals surface area contributed by atoms with Crippen molar-refractivity contribution >= 4 is 99.5 Å². The Morgan fingerprint density at radius 3 is 1.18 bits per heavy atom. The first-order valence-corrected chi connectivity index (χ1v) is 28.6. The summed E-state index contributed by atoms with van der Waals surface area (Å²) in [7, 11) is 0. The van der Waals surface area contributed by atoms with E-state index in [4.69, 9.17) is 9.97 Å². The first-order chi connectivity index (χ1) is 41.7. The Morgan fingerprint density at radius 1 is 0.250 bits per heavy atom. The van der Waals surface area contributed by atoms with Crippen molar-refractivity contribution in [3.8, 4) is 45.0 Å². The molecule has 13 aromatic carbocycles. The van der Waals surface area contributed by atoms with Crippen LogP contribution < -0.4 is 9.80 Å². The van der Waals surface area contributed by atoms with E-state index in [0.29, 0.717) is 0 Å². The highest BCUT2D eigenvalue weighted by molar-refractivity contribution is 6.12. The molecule has 0 aliphatic carbocycles. The lowest BCUT2D eigenvalue weighted by Crippen LogP contribution is -2.10. The third-order valence-corrected chi connectivity index (χ3v) is 16.4. The van der Waals surface area contributed by atoms with Gasteiger partial charge in [-0.3, -0.25) is 0 Å². The van der Waals surface area contributed by atoms with Gasteiger partial charge in [0.05, 0.1) is 44.5 Å². The molecule has 6 nitrogen and oxygen atoms in total. The number of fused-ring (bicyclic) bond motifs is 8. The molecular weight excluding hydrogens is 1020 g/mol. The van der Waals surface area contributed by atoms with Gasteiger partial charge in [0.1, 0.15) is 0 Å². The van der Waals surface area contributed by atoms with Crippen molar-refractivity contribution in [3.05, 3.63) is 315 Å². The van der Waals surface area contributed by atoms with E-state index in [1.54, 1.807) is 0 Å². The molecule has 0 N–H and O–H groups in total. The van der Waals surface area contributed by atoms with Crippen LogP contribution in [0, 0.1) is 0 Å². The highest BCUT2D eigenvalue weighted by atomic mass is 15.1. The normalized spacial score (nSPS) is 11.6. The second kappa shape index (κ2) is 20.3. The molecule has 0 aliphatic rings. The molecule has 394 valence electrons. The predicted octanol–water partition coefficient (Wildman–Crippen LogP) is 20.9. The number of nitrogens with zero attached hydrogens (tertiary/aromatic N) is 6. The molecular formula is C78H52N6. The summed E-state index contributed by atoms with van der Waals surface area (Å²) in [6.45, 7) is 0. The first-order valence-electron chi connectivity index (χ1n) is 28.6. The van der Waals surface area contributed by atoms with Crippen LogP contribution in [-0.4, -0.2) is 19.1 Å². The molecule has 0 saturated carbocycles. The quantitative estimate of drug-likeness (QED) is 0.129. The monoisotopic (exact) mass is 1070 g/mol. The van der Waals surface area contributed by atoms with E-state index in [-0.39, 0.29) is 0 Å². The Kier molecular flexibility index (Phi) is 11.8. The van der Waals surface area contributed by atoms with Crippen LogP contribution in [0.2, 0.25) is 0 Å². The fraction of sp³-hybridized carbons (Fsp3) is 0. The summed E-state index contributed by atoms with van der Waals surface area (Å²) >= 11 is 0. The zero-order chi connectivity index (χ0) is 55.5. The number of para-hydroxylation sites is 7. The van der Waals surface area contributed by atoms with Gasteiger partial charge in [0, 0.05) is 83.7 Å². The smallest absolute Gasteiger partial charge is 0.0973 e. The van der Waals surface area contributed by atoms with Crippen LogP contribution >= 0.6 is 0 Å². The molecule has 0 amide bonds. The topological polar surface area (TPSA) is 42.1 Å². The van der Waals surface area contributed by atoms with Gasteiger partial charge < -0.3 is 18.9 Å². The van der Waals surface area contributed by atoms with Crippen molar-refractivity contribution in [1.29, 1.82) is 0 Å². The number of aromatic nitrogens is 4. The maximum atomic E-state index is 5.70. The molecule has 0 saturated heterocycles. The van der Waals surface area contributed by atoms with Crippen molar-refractivity contribution in [3.63, 3.8) is 0 Å². The summed E-state index contributed by atoms with van der Waals surface area (Å²) < 4.78 is 4.73. The largest absolute Gasteiger partial charge is 0.310 e. The average molecular weight is 1070 g/mol. The Balaban J connectivity index is 0.831. The molecule has 0 fully saturated rings. The molecule has 0 spiro atoms. The minimum atomic E-state index is 0.802. The van der Waals surface area contributed by atoms with Crippen LogP contribution in [0.25, 0.3) is 110 Å². The van der Waals surface area contributed by atoms with Gasteiger partial charge in [0.15, 0.2) is 0 Å². The Bertz CT molecular complexity index is 5110. The van der Waals surface area contributed by atoms with Gasteiger partial charge in [-0.1, -0.05) is 182 Å². The summed E-state index contributed by atoms with van der Waals surface area (Å²) in [5, 5.41) is 7.17. The molecule has 0 bridgehead atoms. The van der Waals surface area contributed by atoms with Crippen LogP contribution in [0.1, 0.15) is 0 Å². The predicted molar refractivity (Wildman–Crippen MR) is 351 cm³/mol. The van der Waals surface area contributed by atoms with E-state index in [0.717, 1.165) is 101 Å². The van der Waals surface area contributed by atoms with E-state index in [1.165, 1.54) is 43.4 Å². The Morgan fingerprint density at radius 2 is 0.655 bits per heavy atom. The summed E-state index contributed by atoms with van der Waals surface area (Å²) in [5.41, 5.74) is 20.6. The van der Waals surface area contributed by atoms with Gasteiger partial charge in [0.2, 0.25) is 0 Å². The number of anilines is 6. The highest BCUT2D eigenvalue weighted by Crippen LogP contribution is 2.44. The van der Waals surface area contributed by atoms with Crippen LogP contribution in [0.3, 0.4) is 0 Å². The average Bonchev–Trinajstić information content (AvgIpc) is 4.08. The van der Waals surface area contributed by atoms with Crippen LogP contribution in [0.4, 0.5) is 34.1 Å². The first kappa shape index (κ1) is 48.6. The standard InChI is InChI=1S/C78H52N6/c1-5-22-58(23-6-1)81(64-46-48-74-69(51-64)67-30-15-17-34-72(67)83(74)60-26-9-3-10-27-60)62-42-38-54(39-43-62)76-77(80-78-66(32-19-33-71(78)79-76)57-37-36-53-20-13-14-21-56(53)50-57)55-40-44-63(45-41-55)82(59-24-7-2-8-25-59)65-47-49-75-70(52-65)68-31-16-18-35-73(68)84(75)61-28-11-4-12-29-61/h1-52H. The van der Waals surface area contributed by atoms with E-state index in [9.17, 15) is 0 Å². The maximum absolute atomic E-state index is 5.70. The lowest BCUT2D eigenvalue weighted by atomic mass is 9.98. The maximum Gasteiger partial charge on any atom is 0.0973 e. The van der Waals surface area contributed by atoms with Crippen LogP contribution in [0.5, 0.6) is 0 Å². The van der Waals surface area contributed by atoms with E-state index >= 15 is 0 Å². The second-order valence-corrected chi connectivity index (χ2v) is 21.4. The van der Waals surface area contributed by atoms with Gasteiger partial charge in [-0.15, -0.1) is 0 Å².